The molecule has 4 aromatic rings. The molecule has 1 aromatic carbocycles. The zero-order valence-electron chi connectivity index (χ0n) is 17.8. The number of nitrogens with one attached hydrogen (secondary N) is 2. The number of furan rings is 1. The van der Waals surface area contributed by atoms with Gasteiger partial charge in [-0.1, -0.05) is 29.8 Å². The normalized spacial score (nSPS) is 16.4. The van der Waals surface area contributed by atoms with Crippen LogP contribution in [-0.4, -0.2) is 29.0 Å². The number of fused-ring (bicyclic) bond motifs is 1. The standard InChI is InChI=1S/C24H24N4O3S/c1-15-6-8-16(9-7-15)19-14-32-21-20(19)26-24(27-23(21)30)28-10-2-4-17(13-28)22(29)25-12-18-5-3-11-31-18/h3,5-9,11,14,17H,2,4,10,12-13H2,1H3,(H,25,29)(H,26,27,30). The van der Waals surface area contributed by atoms with Crippen molar-refractivity contribution < 1.29 is 9.21 Å². The van der Waals surface area contributed by atoms with Gasteiger partial charge in [-0.05, 0) is 37.5 Å². The monoisotopic (exact) mass is 448 g/mol. The Morgan fingerprint density at radius 2 is 2.16 bits per heavy atom. The van der Waals surface area contributed by atoms with Crippen LogP contribution in [0, 0.1) is 12.8 Å². The largest absolute Gasteiger partial charge is 0.467 e. The topological polar surface area (TPSA) is 91.2 Å². The van der Waals surface area contributed by atoms with E-state index in [9.17, 15) is 9.59 Å². The first kappa shape index (κ1) is 20.5. The average Bonchev–Trinajstić information content (AvgIpc) is 3.48. The number of nitrogens with zero attached hydrogens (tertiary/aromatic N) is 2. The zero-order valence-corrected chi connectivity index (χ0v) is 18.6. The number of carbonyl (C=O) groups excluding carboxylic acids is 1. The Bertz CT molecular complexity index is 1290. The van der Waals surface area contributed by atoms with Crippen molar-refractivity contribution in [2.75, 3.05) is 18.0 Å². The maximum absolute atomic E-state index is 12.8. The van der Waals surface area contributed by atoms with E-state index in [0.717, 1.165) is 36.3 Å². The molecule has 1 unspecified atom stereocenters. The van der Waals surface area contributed by atoms with Gasteiger partial charge in [0.15, 0.2) is 0 Å². The Morgan fingerprint density at radius 1 is 1.31 bits per heavy atom. The van der Waals surface area contributed by atoms with E-state index < -0.39 is 0 Å². The van der Waals surface area contributed by atoms with E-state index >= 15 is 0 Å². The molecule has 4 heterocycles. The predicted octanol–water partition coefficient (Wildman–Crippen LogP) is 4.09. The summed E-state index contributed by atoms with van der Waals surface area (Å²) in [4.78, 5) is 35.3. The molecule has 0 aliphatic carbocycles. The summed E-state index contributed by atoms with van der Waals surface area (Å²) in [5.74, 6) is 1.07. The van der Waals surface area contributed by atoms with Gasteiger partial charge in [-0.2, -0.15) is 0 Å². The summed E-state index contributed by atoms with van der Waals surface area (Å²) in [7, 11) is 0. The summed E-state index contributed by atoms with van der Waals surface area (Å²) < 4.78 is 5.91. The fraction of sp³-hybridized carbons (Fsp3) is 0.292. The van der Waals surface area contributed by atoms with E-state index in [1.54, 1.807) is 12.3 Å². The van der Waals surface area contributed by atoms with Crippen molar-refractivity contribution in [2.24, 2.45) is 5.92 Å². The van der Waals surface area contributed by atoms with Gasteiger partial charge in [0.25, 0.3) is 5.56 Å². The molecule has 1 fully saturated rings. The third kappa shape index (κ3) is 4.05. The highest BCUT2D eigenvalue weighted by Crippen LogP contribution is 2.32. The maximum atomic E-state index is 12.8. The number of amides is 1. The first-order chi connectivity index (χ1) is 15.6. The molecule has 1 aliphatic heterocycles. The molecule has 1 aliphatic rings. The van der Waals surface area contributed by atoms with E-state index in [1.807, 2.05) is 23.3 Å². The molecule has 1 atom stereocenters. The van der Waals surface area contributed by atoms with Crippen molar-refractivity contribution in [3.63, 3.8) is 0 Å². The highest BCUT2D eigenvalue weighted by molar-refractivity contribution is 7.17. The molecule has 5 rings (SSSR count). The lowest BCUT2D eigenvalue weighted by Crippen LogP contribution is -2.43. The third-order valence-electron chi connectivity index (χ3n) is 5.89. The number of rotatable bonds is 5. The summed E-state index contributed by atoms with van der Waals surface area (Å²) in [6, 6.07) is 11.9. The number of benzene rings is 1. The summed E-state index contributed by atoms with van der Waals surface area (Å²) in [6.07, 6.45) is 3.26. The molecule has 3 aromatic heterocycles. The molecule has 7 nitrogen and oxygen atoms in total. The minimum Gasteiger partial charge on any atom is -0.467 e. The van der Waals surface area contributed by atoms with E-state index in [-0.39, 0.29) is 17.4 Å². The minimum atomic E-state index is -0.168. The minimum absolute atomic E-state index is 0.00889. The Kier molecular flexibility index (Phi) is 5.53. The number of anilines is 1. The van der Waals surface area contributed by atoms with Crippen molar-refractivity contribution in [3.8, 4) is 11.1 Å². The second-order valence-corrected chi connectivity index (χ2v) is 9.04. The van der Waals surface area contributed by atoms with Crippen LogP contribution >= 0.6 is 11.3 Å². The molecule has 0 saturated carbocycles. The van der Waals surface area contributed by atoms with Crippen LogP contribution in [0.3, 0.4) is 0 Å². The highest BCUT2D eigenvalue weighted by atomic mass is 32.1. The smallest absolute Gasteiger partial charge is 0.270 e. The molecule has 164 valence electrons. The van der Waals surface area contributed by atoms with Crippen molar-refractivity contribution >= 4 is 33.4 Å². The number of hydrogen-bond acceptors (Lipinski definition) is 6. The van der Waals surface area contributed by atoms with Gasteiger partial charge in [0, 0.05) is 24.0 Å². The van der Waals surface area contributed by atoms with Gasteiger partial charge in [0.2, 0.25) is 11.9 Å². The molecule has 32 heavy (non-hydrogen) atoms. The van der Waals surface area contributed by atoms with Gasteiger partial charge >= 0.3 is 0 Å². The van der Waals surface area contributed by atoms with Crippen molar-refractivity contribution in [3.05, 3.63) is 69.7 Å². The van der Waals surface area contributed by atoms with Crippen LogP contribution in [-0.2, 0) is 11.3 Å². The van der Waals surface area contributed by atoms with Crippen molar-refractivity contribution in [1.29, 1.82) is 0 Å². The van der Waals surface area contributed by atoms with Gasteiger partial charge in [-0.15, -0.1) is 11.3 Å². The first-order valence-electron chi connectivity index (χ1n) is 10.7. The van der Waals surface area contributed by atoms with Crippen LogP contribution in [0.15, 0.2) is 57.3 Å². The molecule has 0 radical (unpaired) electrons. The Hall–Kier alpha value is -3.39. The van der Waals surface area contributed by atoms with Crippen LogP contribution in [0.2, 0.25) is 0 Å². The van der Waals surface area contributed by atoms with Crippen LogP contribution in [0.25, 0.3) is 21.3 Å². The molecule has 2 N–H and O–H groups in total. The number of aromatic amines is 1. The zero-order chi connectivity index (χ0) is 22.1. The lowest BCUT2D eigenvalue weighted by Gasteiger charge is -2.32. The second kappa shape index (κ2) is 8.63. The van der Waals surface area contributed by atoms with Crippen molar-refractivity contribution in [2.45, 2.75) is 26.3 Å². The summed E-state index contributed by atoms with van der Waals surface area (Å²) in [6.45, 7) is 3.69. The van der Waals surface area contributed by atoms with Crippen LogP contribution < -0.4 is 15.8 Å². The average molecular weight is 449 g/mol. The SMILES string of the molecule is Cc1ccc(-c2csc3c(=O)[nH]c(N4CCCC(C(=O)NCc5ccco5)C4)nc23)cc1. The highest BCUT2D eigenvalue weighted by Gasteiger charge is 2.27. The number of H-pyrrole nitrogens is 1. The van der Waals surface area contributed by atoms with Gasteiger partial charge in [0.05, 0.1) is 24.2 Å². The molecule has 0 spiro atoms. The Labute approximate surface area is 189 Å². The molecular weight excluding hydrogens is 424 g/mol. The van der Waals surface area contributed by atoms with Crippen LogP contribution in [0.1, 0.15) is 24.2 Å². The number of aryl methyl sites for hydroxylation is 1. The van der Waals surface area contributed by atoms with E-state index in [0.29, 0.717) is 29.3 Å². The van der Waals surface area contributed by atoms with Gasteiger partial charge in [0.1, 0.15) is 10.5 Å². The third-order valence-corrected chi connectivity index (χ3v) is 6.85. The number of hydrogen-bond donors (Lipinski definition) is 2. The van der Waals surface area contributed by atoms with Gasteiger partial charge in [-0.3, -0.25) is 14.6 Å². The lowest BCUT2D eigenvalue weighted by atomic mass is 9.97. The number of aromatic nitrogens is 2. The van der Waals surface area contributed by atoms with E-state index in [1.165, 1.54) is 16.9 Å². The van der Waals surface area contributed by atoms with Crippen LogP contribution in [0.5, 0.6) is 0 Å². The number of carbonyl (C=O) groups is 1. The number of thiophene rings is 1. The lowest BCUT2D eigenvalue weighted by molar-refractivity contribution is -0.125. The molecule has 1 saturated heterocycles. The van der Waals surface area contributed by atoms with Crippen LogP contribution in [0.4, 0.5) is 5.95 Å². The van der Waals surface area contributed by atoms with Gasteiger partial charge in [-0.25, -0.2) is 4.98 Å². The fourth-order valence-electron chi connectivity index (χ4n) is 4.12. The quantitative estimate of drug-likeness (QED) is 0.480. The Morgan fingerprint density at radius 3 is 2.94 bits per heavy atom. The van der Waals surface area contributed by atoms with Crippen molar-refractivity contribution in [1.82, 2.24) is 15.3 Å². The van der Waals surface area contributed by atoms with Gasteiger partial charge < -0.3 is 14.6 Å². The molecule has 8 heteroatoms. The Balaban J connectivity index is 1.38. The second-order valence-electron chi connectivity index (χ2n) is 8.17. The molecule has 1 amide bonds. The summed E-state index contributed by atoms with van der Waals surface area (Å²) in [5, 5.41) is 4.94. The number of piperidine rings is 1. The fourth-order valence-corrected chi connectivity index (χ4v) is 5.03. The maximum Gasteiger partial charge on any atom is 0.270 e. The summed E-state index contributed by atoms with van der Waals surface area (Å²) >= 11 is 1.41. The molecule has 0 bridgehead atoms. The first-order valence-corrected chi connectivity index (χ1v) is 11.6. The van der Waals surface area contributed by atoms with E-state index in [4.69, 9.17) is 9.40 Å². The molecular formula is C24H24N4O3S. The summed E-state index contributed by atoms with van der Waals surface area (Å²) in [5.41, 5.74) is 3.76. The predicted molar refractivity (Wildman–Crippen MR) is 126 cm³/mol. The van der Waals surface area contributed by atoms with E-state index in [2.05, 4.69) is 34.6 Å².